The van der Waals surface area contributed by atoms with Crippen molar-refractivity contribution in [3.8, 4) is 0 Å². The van der Waals surface area contributed by atoms with Gasteiger partial charge in [0, 0.05) is 52.4 Å². The summed E-state index contributed by atoms with van der Waals surface area (Å²) in [5.41, 5.74) is 0. The molecule has 1 amide bonds. The van der Waals surface area contributed by atoms with Crippen molar-refractivity contribution in [1.82, 2.24) is 15.5 Å². The molecule has 1 saturated carbocycles. The van der Waals surface area contributed by atoms with Gasteiger partial charge in [-0.15, -0.1) is 24.0 Å². The molecule has 1 aliphatic heterocycles. The fourth-order valence-corrected chi connectivity index (χ4v) is 2.63. The first-order chi connectivity index (χ1) is 10.7. The smallest absolute Gasteiger partial charge is 0.222 e. The number of hydrogen-bond donors (Lipinski definition) is 2. The van der Waals surface area contributed by atoms with E-state index >= 15 is 0 Å². The number of aliphatic imine (C=N–C) groups is 1. The lowest BCUT2D eigenvalue weighted by Crippen LogP contribution is -2.45. The Morgan fingerprint density at radius 3 is 2.78 bits per heavy atom. The molecule has 2 N–H and O–H groups in total. The fraction of sp³-hybridized carbons (Fsp3) is 0.875. The summed E-state index contributed by atoms with van der Waals surface area (Å²) in [6.45, 7) is 6.12. The lowest BCUT2D eigenvalue weighted by atomic mass is 10.3. The number of ether oxygens (including phenoxy) is 1. The summed E-state index contributed by atoms with van der Waals surface area (Å²) in [5, 5.41) is 6.71. The number of likely N-dealkylation sites (tertiary alicyclic amines) is 1. The van der Waals surface area contributed by atoms with Crippen LogP contribution in [0.3, 0.4) is 0 Å². The summed E-state index contributed by atoms with van der Waals surface area (Å²) in [6.07, 6.45) is 5.23. The van der Waals surface area contributed by atoms with Crippen LogP contribution in [0.2, 0.25) is 0 Å². The van der Waals surface area contributed by atoms with Gasteiger partial charge in [0.05, 0.1) is 0 Å². The molecule has 0 spiro atoms. The summed E-state index contributed by atoms with van der Waals surface area (Å²) >= 11 is 0. The highest BCUT2D eigenvalue weighted by atomic mass is 127. The van der Waals surface area contributed by atoms with Crippen LogP contribution in [-0.2, 0) is 9.53 Å². The molecule has 2 fully saturated rings. The maximum Gasteiger partial charge on any atom is 0.222 e. The highest BCUT2D eigenvalue weighted by Crippen LogP contribution is 2.28. The molecule has 7 heteroatoms. The van der Waals surface area contributed by atoms with Gasteiger partial charge in [0.25, 0.3) is 0 Å². The maximum absolute atomic E-state index is 11.7. The molecule has 0 radical (unpaired) electrons. The van der Waals surface area contributed by atoms with Gasteiger partial charge < -0.3 is 20.3 Å². The second kappa shape index (κ2) is 11.1. The van der Waals surface area contributed by atoms with Crippen LogP contribution in [-0.4, -0.2) is 62.7 Å². The Morgan fingerprint density at radius 1 is 1.35 bits per heavy atom. The van der Waals surface area contributed by atoms with E-state index < -0.39 is 0 Å². The second-order valence-corrected chi connectivity index (χ2v) is 6.19. The monoisotopic (exact) mass is 438 g/mol. The van der Waals surface area contributed by atoms with Gasteiger partial charge in [0.15, 0.2) is 5.96 Å². The molecular weight excluding hydrogens is 407 g/mol. The Morgan fingerprint density at radius 2 is 2.13 bits per heavy atom. The number of amides is 1. The third-order valence-electron chi connectivity index (χ3n) is 4.22. The average Bonchev–Trinajstić information content (AvgIpc) is 3.25. The van der Waals surface area contributed by atoms with Crippen LogP contribution in [0.1, 0.15) is 39.0 Å². The van der Waals surface area contributed by atoms with Gasteiger partial charge in [0.1, 0.15) is 0 Å². The topological polar surface area (TPSA) is 66.0 Å². The van der Waals surface area contributed by atoms with Crippen molar-refractivity contribution in [3.05, 3.63) is 0 Å². The van der Waals surface area contributed by atoms with E-state index in [1.807, 2.05) is 11.8 Å². The Labute approximate surface area is 156 Å². The Kier molecular flexibility index (Phi) is 9.85. The van der Waals surface area contributed by atoms with Crippen LogP contribution in [0.15, 0.2) is 4.99 Å². The second-order valence-electron chi connectivity index (χ2n) is 6.19. The van der Waals surface area contributed by atoms with E-state index in [0.29, 0.717) is 12.5 Å². The molecule has 1 unspecified atom stereocenters. The van der Waals surface area contributed by atoms with Crippen molar-refractivity contribution in [2.45, 2.75) is 45.1 Å². The quantitative estimate of drug-likeness (QED) is 0.262. The van der Waals surface area contributed by atoms with Crippen LogP contribution in [0, 0.1) is 5.92 Å². The number of guanidine groups is 1. The summed E-state index contributed by atoms with van der Waals surface area (Å²) in [4.78, 5) is 17.9. The number of nitrogens with zero attached hydrogens (tertiary/aromatic N) is 2. The van der Waals surface area contributed by atoms with Gasteiger partial charge in [0.2, 0.25) is 5.91 Å². The molecule has 2 aliphatic rings. The fourth-order valence-electron chi connectivity index (χ4n) is 2.63. The predicted molar refractivity (Wildman–Crippen MR) is 103 cm³/mol. The van der Waals surface area contributed by atoms with Crippen molar-refractivity contribution in [2.75, 3.05) is 39.9 Å². The Bertz CT molecular complexity index is 388. The highest BCUT2D eigenvalue weighted by molar-refractivity contribution is 14.0. The molecule has 23 heavy (non-hydrogen) atoms. The lowest BCUT2D eigenvalue weighted by Gasteiger charge is -2.18. The van der Waals surface area contributed by atoms with E-state index in [1.54, 1.807) is 7.05 Å². The molecule has 2 rings (SSSR count). The molecule has 134 valence electrons. The van der Waals surface area contributed by atoms with Gasteiger partial charge in [-0.25, -0.2) is 0 Å². The highest BCUT2D eigenvalue weighted by Gasteiger charge is 2.25. The van der Waals surface area contributed by atoms with Crippen molar-refractivity contribution in [1.29, 1.82) is 0 Å². The molecule has 1 atom stereocenters. The number of nitrogens with one attached hydrogen (secondary N) is 2. The zero-order valence-electron chi connectivity index (χ0n) is 14.3. The van der Waals surface area contributed by atoms with Crippen LogP contribution in [0.5, 0.6) is 0 Å². The average molecular weight is 438 g/mol. The standard InChI is InChI=1S/C16H30N4O2.HI/c1-3-15(21)20-9-7-14(11-20)19-16(17-2)18-8-4-10-22-12-13-5-6-13;/h13-14H,3-12H2,1-2H3,(H2,17,18,19);1H. The first-order valence-corrected chi connectivity index (χ1v) is 8.55. The van der Waals surface area contributed by atoms with E-state index in [1.165, 1.54) is 12.8 Å². The van der Waals surface area contributed by atoms with Crippen molar-refractivity contribution < 1.29 is 9.53 Å². The summed E-state index contributed by atoms with van der Waals surface area (Å²) in [6, 6.07) is 0.299. The van der Waals surface area contributed by atoms with Crippen LogP contribution >= 0.6 is 24.0 Å². The minimum Gasteiger partial charge on any atom is -0.381 e. The zero-order chi connectivity index (χ0) is 15.8. The normalized spacial score (nSPS) is 21.0. The van der Waals surface area contributed by atoms with Crippen LogP contribution in [0.4, 0.5) is 0 Å². The van der Waals surface area contributed by atoms with E-state index in [0.717, 1.165) is 57.6 Å². The summed E-state index contributed by atoms with van der Waals surface area (Å²) in [7, 11) is 1.78. The van der Waals surface area contributed by atoms with Gasteiger partial charge in [-0.2, -0.15) is 0 Å². The molecule has 0 bridgehead atoms. The van der Waals surface area contributed by atoms with Crippen molar-refractivity contribution in [2.24, 2.45) is 10.9 Å². The zero-order valence-corrected chi connectivity index (χ0v) is 16.7. The number of hydrogen-bond acceptors (Lipinski definition) is 3. The first-order valence-electron chi connectivity index (χ1n) is 8.55. The molecule has 0 aromatic carbocycles. The maximum atomic E-state index is 11.7. The van der Waals surface area contributed by atoms with Gasteiger partial charge in [-0.05, 0) is 31.6 Å². The summed E-state index contributed by atoms with van der Waals surface area (Å²) < 4.78 is 5.61. The number of carbonyl (C=O) groups excluding carboxylic acids is 1. The Balaban J connectivity index is 0.00000264. The number of halogens is 1. The first kappa shape index (κ1) is 20.5. The van der Waals surface area contributed by atoms with Gasteiger partial charge in [-0.3, -0.25) is 9.79 Å². The van der Waals surface area contributed by atoms with E-state index in [9.17, 15) is 4.79 Å². The predicted octanol–water partition coefficient (Wildman–Crippen LogP) is 1.60. The molecule has 6 nitrogen and oxygen atoms in total. The van der Waals surface area contributed by atoms with Crippen LogP contribution < -0.4 is 10.6 Å². The third-order valence-corrected chi connectivity index (χ3v) is 4.22. The van der Waals surface area contributed by atoms with Gasteiger partial charge in [-0.1, -0.05) is 6.92 Å². The molecule has 0 aromatic rings. The van der Waals surface area contributed by atoms with Crippen molar-refractivity contribution in [3.63, 3.8) is 0 Å². The molecule has 1 aliphatic carbocycles. The minimum absolute atomic E-state index is 0. The van der Waals surface area contributed by atoms with Crippen LogP contribution in [0.25, 0.3) is 0 Å². The number of carbonyl (C=O) groups is 1. The van der Waals surface area contributed by atoms with Crippen molar-refractivity contribution >= 4 is 35.8 Å². The van der Waals surface area contributed by atoms with E-state index in [2.05, 4.69) is 15.6 Å². The summed E-state index contributed by atoms with van der Waals surface area (Å²) in [5.74, 6) is 1.89. The lowest BCUT2D eigenvalue weighted by molar-refractivity contribution is -0.129. The minimum atomic E-state index is 0. The van der Waals surface area contributed by atoms with Gasteiger partial charge >= 0.3 is 0 Å². The molecule has 1 saturated heterocycles. The molecule has 0 aromatic heterocycles. The molecular formula is C16H31IN4O2. The molecule has 1 heterocycles. The van der Waals surface area contributed by atoms with E-state index in [-0.39, 0.29) is 29.9 Å². The van der Waals surface area contributed by atoms with E-state index in [4.69, 9.17) is 4.74 Å². The Hall–Kier alpha value is -0.570. The third kappa shape index (κ3) is 7.69. The largest absolute Gasteiger partial charge is 0.381 e. The number of rotatable bonds is 8. The SMILES string of the molecule is CCC(=O)N1CCC(NC(=NC)NCCCOCC2CC2)C1.I.